The molecule has 1 heterocycles. The number of nitrogens with zero attached hydrogens (tertiary/aromatic N) is 1. The molecule has 1 aromatic rings. The van der Waals surface area contributed by atoms with Crippen LogP contribution in [0, 0.1) is 12.8 Å². The molecule has 2 fully saturated rings. The van der Waals surface area contributed by atoms with Gasteiger partial charge in [0.15, 0.2) is 0 Å². The number of hydrogen-bond donors (Lipinski definition) is 1. The Hall–Kier alpha value is -1.02. The molecule has 1 aliphatic heterocycles. The van der Waals surface area contributed by atoms with Crippen LogP contribution in [-0.2, 0) is 0 Å². The Morgan fingerprint density at radius 3 is 2.94 bits per heavy atom. The third-order valence-electron chi connectivity index (χ3n) is 4.18. The van der Waals surface area contributed by atoms with Gasteiger partial charge in [-0.05, 0) is 62.8 Å². The molecule has 2 aliphatic rings. The van der Waals surface area contributed by atoms with Gasteiger partial charge in [-0.25, -0.2) is 0 Å². The molecule has 0 bridgehead atoms. The number of nitrogens with one attached hydrogen (secondary N) is 1. The third-order valence-corrected chi connectivity index (χ3v) is 4.18. The van der Waals surface area contributed by atoms with Gasteiger partial charge in [-0.1, -0.05) is 12.1 Å². The Labute approximate surface area is 110 Å². The zero-order chi connectivity index (χ0) is 12.4. The quantitative estimate of drug-likeness (QED) is 0.876. The summed E-state index contributed by atoms with van der Waals surface area (Å²) in [5, 5.41) is 3.76. The first-order valence-electron chi connectivity index (χ1n) is 7.36. The summed E-state index contributed by atoms with van der Waals surface area (Å²) in [6, 6.07) is 9.60. The van der Waals surface area contributed by atoms with Gasteiger partial charge in [-0.15, -0.1) is 0 Å². The normalized spacial score (nSPS) is 24.3. The molecule has 98 valence electrons. The fraction of sp³-hybridized carbons (Fsp3) is 0.625. The van der Waals surface area contributed by atoms with Gasteiger partial charge in [-0.2, -0.15) is 0 Å². The summed E-state index contributed by atoms with van der Waals surface area (Å²) in [4.78, 5) is 2.54. The Bertz CT molecular complexity index is 398. The molecule has 1 N–H and O–H groups in total. The Morgan fingerprint density at radius 2 is 2.17 bits per heavy atom. The van der Waals surface area contributed by atoms with Crippen LogP contribution in [0.25, 0.3) is 0 Å². The van der Waals surface area contributed by atoms with Crippen molar-refractivity contribution in [3.8, 4) is 0 Å². The van der Waals surface area contributed by atoms with Gasteiger partial charge in [0.25, 0.3) is 0 Å². The molecule has 3 rings (SSSR count). The summed E-state index contributed by atoms with van der Waals surface area (Å²) < 4.78 is 0. The van der Waals surface area contributed by atoms with Gasteiger partial charge < -0.3 is 10.2 Å². The van der Waals surface area contributed by atoms with Crippen LogP contribution in [0.5, 0.6) is 0 Å². The molecule has 1 saturated carbocycles. The maximum Gasteiger partial charge on any atom is 0.0369 e. The van der Waals surface area contributed by atoms with Crippen molar-refractivity contribution < 1.29 is 0 Å². The van der Waals surface area contributed by atoms with E-state index in [1.807, 2.05) is 0 Å². The molecule has 1 aromatic carbocycles. The summed E-state index contributed by atoms with van der Waals surface area (Å²) in [6.07, 6.45) is 5.55. The van der Waals surface area contributed by atoms with E-state index < -0.39 is 0 Å². The molecule has 0 amide bonds. The third kappa shape index (κ3) is 3.05. The van der Waals surface area contributed by atoms with Crippen LogP contribution in [0.15, 0.2) is 24.3 Å². The molecular weight excluding hydrogens is 220 g/mol. The van der Waals surface area contributed by atoms with E-state index in [9.17, 15) is 0 Å². The molecule has 2 nitrogen and oxygen atoms in total. The molecule has 0 spiro atoms. The molecule has 18 heavy (non-hydrogen) atoms. The first-order valence-corrected chi connectivity index (χ1v) is 7.36. The number of benzene rings is 1. The average Bonchev–Trinajstić information content (AvgIpc) is 3.21. The van der Waals surface area contributed by atoms with E-state index in [0.717, 1.165) is 5.92 Å². The van der Waals surface area contributed by atoms with Crippen molar-refractivity contribution in [2.24, 2.45) is 5.92 Å². The molecule has 1 saturated heterocycles. The molecule has 0 radical (unpaired) electrons. The van der Waals surface area contributed by atoms with Gasteiger partial charge >= 0.3 is 0 Å². The minimum atomic E-state index is 0.694. The van der Waals surface area contributed by atoms with Crippen LogP contribution in [-0.4, -0.2) is 25.7 Å². The maximum atomic E-state index is 3.76. The second-order valence-corrected chi connectivity index (χ2v) is 5.98. The highest BCUT2D eigenvalue weighted by Gasteiger charge is 2.24. The van der Waals surface area contributed by atoms with Crippen molar-refractivity contribution in [3.63, 3.8) is 0 Å². The van der Waals surface area contributed by atoms with E-state index in [0.29, 0.717) is 6.04 Å². The van der Waals surface area contributed by atoms with E-state index in [1.165, 1.54) is 56.6 Å². The number of hydrogen-bond acceptors (Lipinski definition) is 2. The average molecular weight is 244 g/mol. The lowest BCUT2D eigenvalue weighted by Gasteiger charge is -2.35. The molecule has 2 heteroatoms. The van der Waals surface area contributed by atoms with Crippen LogP contribution in [0.1, 0.15) is 31.2 Å². The van der Waals surface area contributed by atoms with Crippen molar-refractivity contribution in [1.82, 2.24) is 5.32 Å². The number of piperidine rings is 1. The summed E-state index contributed by atoms with van der Waals surface area (Å²) in [5.74, 6) is 0.986. The zero-order valence-corrected chi connectivity index (χ0v) is 11.4. The first-order chi connectivity index (χ1) is 8.81. The van der Waals surface area contributed by atoms with Crippen molar-refractivity contribution in [2.75, 3.05) is 24.5 Å². The largest absolute Gasteiger partial charge is 0.370 e. The molecular formula is C16H24N2. The highest BCUT2D eigenvalue weighted by molar-refractivity contribution is 5.48. The molecule has 0 aromatic heterocycles. The Morgan fingerprint density at radius 1 is 1.28 bits per heavy atom. The lowest BCUT2D eigenvalue weighted by Crippen LogP contribution is -2.46. The van der Waals surface area contributed by atoms with Crippen molar-refractivity contribution in [3.05, 3.63) is 29.8 Å². The van der Waals surface area contributed by atoms with E-state index in [-0.39, 0.29) is 0 Å². The highest BCUT2D eigenvalue weighted by Crippen LogP contribution is 2.28. The van der Waals surface area contributed by atoms with E-state index in [2.05, 4.69) is 41.4 Å². The number of rotatable bonds is 4. The fourth-order valence-electron chi connectivity index (χ4n) is 2.86. The van der Waals surface area contributed by atoms with E-state index >= 15 is 0 Å². The minimum absolute atomic E-state index is 0.694. The minimum Gasteiger partial charge on any atom is -0.370 e. The Kier molecular flexibility index (Phi) is 3.55. The van der Waals surface area contributed by atoms with Crippen LogP contribution < -0.4 is 10.2 Å². The van der Waals surface area contributed by atoms with Gasteiger partial charge in [0, 0.05) is 24.8 Å². The van der Waals surface area contributed by atoms with Gasteiger partial charge in [-0.3, -0.25) is 0 Å². The van der Waals surface area contributed by atoms with Crippen molar-refractivity contribution in [1.29, 1.82) is 0 Å². The summed E-state index contributed by atoms with van der Waals surface area (Å²) in [6.45, 7) is 5.81. The van der Waals surface area contributed by atoms with Gasteiger partial charge in [0.2, 0.25) is 0 Å². The van der Waals surface area contributed by atoms with Crippen LogP contribution >= 0.6 is 0 Å². The second kappa shape index (κ2) is 5.31. The van der Waals surface area contributed by atoms with E-state index in [4.69, 9.17) is 0 Å². The molecule has 1 unspecified atom stereocenters. The lowest BCUT2D eigenvalue weighted by atomic mass is 10.0. The summed E-state index contributed by atoms with van der Waals surface area (Å²) in [5.41, 5.74) is 2.76. The van der Waals surface area contributed by atoms with Crippen LogP contribution in [0.3, 0.4) is 0 Å². The second-order valence-electron chi connectivity index (χ2n) is 5.98. The SMILES string of the molecule is Cc1cccc(N2CCCC(NCC3CC3)C2)c1. The first kappa shape index (κ1) is 12.0. The maximum absolute atomic E-state index is 3.76. The predicted molar refractivity (Wildman–Crippen MR) is 77.1 cm³/mol. The van der Waals surface area contributed by atoms with E-state index in [1.54, 1.807) is 0 Å². The number of anilines is 1. The van der Waals surface area contributed by atoms with Gasteiger partial charge in [0.1, 0.15) is 0 Å². The Balaban J connectivity index is 1.58. The topological polar surface area (TPSA) is 15.3 Å². The fourth-order valence-corrected chi connectivity index (χ4v) is 2.86. The molecule has 1 atom stereocenters. The number of aryl methyl sites for hydroxylation is 1. The van der Waals surface area contributed by atoms with Crippen LogP contribution in [0.4, 0.5) is 5.69 Å². The monoisotopic (exact) mass is 244 g/mol. The van der Waals surface area contributed by atoms with Crippen molar-refractivity contribution >= 4 is 5.69 Å². The molecule has 1 aliphatic carbocycles. The van der Waals surface area contributed by atoms with Gasteiger partial charge in [0.05, 0.1) is 0 Å². The highest BCUT2D eigenvalue weighted by atomic mass is 15.2. The van der Waals surface area contributed by atoms with Crippen LogP contribution in [0.2, 0.25) is 0 Å². The predicted octanol–water partition coefficient (Wildman–Crippen LogP) is 2.96. The summed E-state index contributed by atoms with van der Waals surface area (Å²) >= 11 is 0. The lowest BCUT2D eigenvalue weighted by molar-refractivity contribution is 0.416. The zero-order valence-electron chi connectivity index (χ0n) is 11.4. The van der Waals surface area contributed by atoms with Crippen molar-refractivity contribution in [2.45, 2.75) is 38.6 Å². The smallest absolute Gasteiger partial charge is 0.0369 e. The summed E-state index contributed by atoms with van der Waals surface area (Å²) in [7, 11) is 0. The standard InChI is InChI=1S/C16H24N2/c1-13-4-2-6-16(10-13)18-9-3-5-15(12-18)17-11-14-7-8-14/h2,4,6,10,14-15,17H,3,5,7-9,11-12H2,1H3.